The maximum atomic E-state index is 12.0. The van der Waals surface area contributed by atoms with Crippen molar-refractivity contribution in [3.05, 3.63) is 71.0 Å². The minimum atomic E-state index is -3.15. The fourth-order valence-corrected chi connectivity index (χ4v) is 7.05. The molecule has 8 heteroatoms. The van der Waals surface area contributed by atoms with Crippen LogP contribution in [-0.2, 0) is 9.84 Å². The predicted molar refractivity (Wildman–Crippen MR) is 170 cm³/mol. The van der Waals surface area contributed by atoms with E-state index < -0.39 is 15.1 Å². The van der Waals surface area contributed by atoms with Crippen molar-refractivity contribution < 1.29 is 18.0 Å². The molecule has 0 N–H and O–H groups in total. The second-order valence-electron chi connectivity index (χ2n) is 10.8. The van der Waals surface area contributed by atoms with Gasteiger partial charge in [-0.2, -0.15) is 11.8 Å². The van der Waals surface area contributed by atoms with Gasteiger partial charge in [-0.25, -0.2) is 8.42 Å². The molecule has 0 radical (unpaired) electrons. The highest BCUT2D eigenvalue weighted by molar-refractivity contribution is 7.99. The van der Waals surface area contributed by atoms with Crippen LogP contribution in [0.4, 0.5) is 0 Å². The summed E-state index contributed by atoms with van der Waals surface area (Å²) in [5.41, 5.74) is 5.53. The number of hydrogen-bond acceptors (Lipinski definition) is 5. The van der Waals surface area contributed by atoms with Gasteiger partial charge in [0, 0.05) is 67.9 Å². The fraction of sp³-hybridized carbons (Fsp3) is 0.438. The number of carbonyl (C=O) groups excluding carboxylic acids is 2. The highest BCUT2D eigenvalue weighted by Gasteiger charge is 2.28. The van der Waals surface area contributed by atoms with E-state index in [1.165, 1.54) is 11.8 Å². The number of aromatic nitrogens is 2. The second kappa shape index (κ2) is 12.4. The highest BCUT2D eigenvalue weighted by Crippen LogP contribution is 2.33. The maximum absolute atomic E-state index is 12.0. The number of fused-ring (bicyclic) bond motifs is 2. The molecule has 0 aliphatic heterocycles. The molecule has 2 heterocycles. The fourth-order valence-electron chi connectivity index (χ4n) is 5.70. The number of para-hydroxylation sites is 2. The van der Waals surface area contributed by atoms with Gasteiger partial charge in [-0.1, -0.05) is 43.3 Å². The van der Waals surface area contributed by atoms with Gasteiger partial charge in [0.25, 0.3) is 0 Å². The average Bonchev–Trinajstić information content (AvgIpc) is 3.36. The molecule has 2 aromatic heterocycles. The van der Waals surface area contributed by atoms with E-state index in [2.05, 4.69) is 37.7 Å². The van der Waals surface area contributed by atoms with Gasteiger partial charge < -0.3 is 9.13 Å². The molecule has 0 aliphatic rings. The van der Waals surface area contributed by atoms with Gasteiger partial charge in [0.05, 0.1) is 5.25 Å². The SMILES string of the molecule is CC(=O)c1c(C)n(C(C)C(C)S(C)(=O)=O)c2ccccc12.CSC(C)C(C)n1c(C)c(C(C)=O)c2ccccc21. The molecular weight excluding hydrogens is 540 g/mol. The summed E-state index contributed by atoms with van der Waals surface area (Å²) in [4.78, 5) is 23.9. The van der Waals surface area contributed by atoms with E-state index in [1.807, 2.05) is 72.6 Å². The number of rotatable bonds is 8. The number of benzene rings is 2. The number of nitrogens with zero attached hydrogens (tertiary/aromatic N) is 2. The summed E-state index contributed by atoms with van der Waals surface area (Å²) in [7, 11) is -3.15. The maximum Gasteiger partial charge on any atom is 0.162 e. The third-order valence-corrected chi connectivity index (χ3v) is 11.1. The Labute approximate surface area is 243 Å². The smallest absolute Gasteiger partial charge is 0.162 e. The van der Waals surface area contributed by atoms with Crippen LogP contribution in [0.5, 0.6) is 0 Å². The Morgan fingerprint density at radius 2 is 1.10 bits per heavy atom. The Bertz CT molecular complexity index is 1660. The lowest BCUT2D eigenvalue weighted by molar-refractivity contribution is 0.101. The lowest BCUT2D eigenvalue weighted by atomic mass is 10.1. The van der Waals surface area contributed by atoms with Crippen molar-refractivity contribution in [3.63, 3.8) is 0 Å². The van der Waals surface area contributed by atoms with Crippen LogP contribution in [0.25, 0.3) is 21.8 Å². The van der Waals surface area contributed by atoms with E-state index in [-0.39, 0.29) is 17.6 Å². The van der Waals surface area contributed by atoms with Crippen LogP contribution in [-0.4, -0.2) is 52.1 Å². The number of hydrogen-bond donors (Lipinski definition) is 0. The van der Waals surface area contributed by atoms with Crippen molar-refractivity contribution in [1.29, 1.82) is 0 Å². The number of ketones is 2. The van der Waals surface area contributed by atoms with E-state index in [0.717, 1.165) is 33.2 Å². The third kappa shape index (κ3) is 5.93. The number of carbonyl (C=O) groups is 2. The number of thioether (sulfide) groups is 1. The summed E-state index contributed by atoms with van der Waals surface area (Å²) in [6, 6.07) is 16.0. The molecule has 216 valence electrons. The highest BCUT2D eigenvalue weighted by atomic mass is 32.2. The molecule has 0 saturated heterocycles. The van der Waals surface area contributed by atoms with Crippen molar-refractivity contribution in [1.82, 2.24) is 9.13 Å². The van der Waals surface area contributed by atoms with Crippen molar-refractivity contribution in [2.24, 2.45) is 0 Å². The van der Waals surface area contributed by atoms with Gasteiger partial charge >= 0.3 is 0 Å². The van der Waals surface area contributed by atoms with E-state index in [1.54, 1.807) is 20.8 Å². The number of Topliss-reactive ketones (excluding diaryl/α,β-unsaturated/α-hetero) is 2. The van der Waals surface area contributed by atoms with Crippen LogP contribution in [0.3, 0.4) is 0 Å². The molecular formula is C32H42N2O4S2. The topological polar surface area (TPSA) is 78.1 Å². The average molecular weight is 583 g/mol. The van der Waals surface area contributed by atoms with Crippen LogP contribution >= 0.6 is 11.8 Å². The Morgan fingerprint density at radius 1 is 0.725 bits per heavy atom. The molecule has 0 saturated carbocycles. The molecule has 2 aromatic carbocycles. The van der Waals surface area contributed by atoms with Gasteiger partial charge in [-0.3, -0.25) is 9.59 Å². The van der Waals surface area contributed by atoms with Crippen molar-refractivity contribution in [2.75, 3.05) is 12.5 Å². The molecule has 0 bridgehead atoms. The molecule has 0 fully saturated rings. The van der Waals surface area contributed by atoms with E-state index >= 15 is 0 Å². The van der Waals surface area contributed by atoms with E-state index in [0.29, 0.717) is 16.9 Å². The lowest BCUT2D eigenvalue weighted by Gasteiger charge is -2.23. The molecule has 4 aromatic rings. The monoisotopic (exact) mass is 582 g/mol. The number of sulfone groups is 1. The summed E-state index contributed by atoms with van der Waals surface area (Å²) in [5.74, 6) is 0.151. The minimum absolute atomic E-state index is 0.00154. The summed E-state index contributed by atoms with van der Waals surface area (Å²) >= 11 is 1.86. The van der Waals surface area contributed by atoms with Crippen molar-refractivity contribution in [2.45, 2.75) is 78.0 Å². The summed E-state index contributed by atoms with van der Waals surface area (Å²) in [6.07, 6.45) is 3.38. The van der Waals surface area contributed by atoms with Crippen LogP contribution in [0.2, 0.25) is 0 Å². The Morgan fingerprint density at radius 3 is 1.45 bits per heavy atom. The molecule has 4 atom stereocenters. The standard InChI is InChI=1S/C16H21NO3S.C16H21NOS/c1-10(13(4)21(5,19)20)17-11(2)16(12(3)18)14-8-6-7-9-15(14)17;1-10(13(4)19-5)17-11(2)16(12(3)18)14-8-6-7-9-15(14)17/h6-10,13H,1-5H3;6-10,13H,1-5H3. The first-order valence-electron chi connectivity index (χ1n) is 13.6. The summed E-state index contributed by atoms with van der Waals surface area (Å²) < 4.78 is 28.0. The van der Waals surface area contributed by atoms with Gasteiger partial charge in [0.1, 0.15) is 0 Å². The normalized spacial score (nSPS) is 14.8. The van der Waals surface area contributed by atoms with Gasteiger partial charge in [-0.15, -0.1) is 0 Å². The van der Waals surface area contributed by atoms with Gasteiger partial charge in [-0.05, 0) is 66.9 Å². The molecule has 6 nitrogen and oxygen atoms in total. The quantitative estimate of drug-likeness (QED) is 0.200. The van der Waals surface area contributed by atoms with Crippen LogP contribution in [0, 0.1) is 13.8 Å². The van der Waals surface area contributed by atoms with Crippen molar-refractivity contribution >= 4 is 55.0 Å². The summed E-state index contributed by atoms with van der Waals surface area (Å²) in [6.45, 7) is 15.2. The van der Waals surface area contributed by atoms with Gasteiger partial charge in [0.2, 0.25) is 0 Å². The zero-order valence-electron chi connectivity index (χ0n) is 25.3. The zero-order chi connectivity index (χ0) is 30.1. The second-order valence-corrected chi connectivity index (χ2v) is 14.4. The van der Waals surface area contributed by atoms with E-state index in [9.17, 15) is 18.0 Å². The molecule has 4 rings (SSSR count). The molecule has 0 aliphatic carbocycles. The van der Waals surface area contributed by atoms with Crippen molar-refractivity contribution in [3.8, 4) is 0 Å². The molecule has 0 amide bonds. The first-order chi connectivity index (χ1) is 18.6. The molecule has 0 spiro atoms. The Kier molecular flexibility index (Phi) is 9.78. The Balaban J connectivity index is 0.000000222. The Hall–Kier alpha value is -2.84. The molecule has 40 heavy (non-hydrogen) atoms. The third-order valence-electron chi connectivity index (χ3n) is 8.24. The van der Waals surface area contributed by atoms with Crippen LogP contribution in [0.1, 0.15) is 85.7 Å². The first kappa shape index (κ1) is 31.7. The van der Waals surface area contributed by atoms with Crippen LogP contribution in [0.15, 0.2) is 48.5 Å². The minimum Gasteiger partial charge on any atom is -0.340 e. The molecule has 4 unspecified atom stereocenters. The largest absolute Gasteiger partial charge is 0.340 e. The zero-order valence-corrected chi connectivity index (χ0v) is 26.9. The van der Waals surface area contributed by atoms with Crippen LogP contribution < -0.4 is 0 Å². The van der Waals surface area contributed by atoms with Gasteiger partial charge in [0.15, 0.2) is 21.4 Å². The predicted octanol–water partition coefficient (Wildman–Crippen LogP) is 7.61. The lowest BCUT2D eigenvalue weighted by Crippen LogP contribution is -2.27. The summed E-state index contributed by atoms with van der Waals surface area (Å²) in [5, 5.41) is 1.95. The first-order valence-corrected chi connectivity index (χ1v) is 16.8. The van der Waals surface area contributed by atoms with E-state index in [4.69, 9.17) is 0 Å².